The molecule has 1 aromatic heterocycles. The number of phenolic OH excluding ortho intramolecular Hbond substituents is 1. The first-order valence-electron chi connectivity index (χ1n) is 9.76. The van der Waals surface area contributed by atoms with Crippen molar-refractivity contribution in [2.75, 3.05) is 26.2 Å². The molecule has 0 aliphatic carbocycles. The van der Waals surface area contributed by atoms with Crippen LogP contribution in [0.5, 0.6) is 5.75 Å². The van der Waals surface area contributed by atoms with E-state index < -0.39 is 0 Å². The molecule has 0 spiro atoms. The van der Waals surface area contributed by atoms with Gasteiger partial charge in [-0.3, -0.25) is 14.7 Å². The number of piperidine rings is 1. The Kier molecular flexibility index (Phi) is 5.34. The summed E-state index contributed by atoms with van der Waals surface area (Å²) >= 11 is 0. The van der Waals surface area contributed by atoms with Crippen LogP contribution >= 0.6 is 0 Å². The van der Waals surface area contributed by atoms with E-state index in [4.69, 9.17) is 0 Å². The minimum Gasteiger partial charge on any atom is -0.508 e. The fraction of sp³-hybridized carbons (Fsp3) is 0.476. The number of nitrogens with zero attached hydrogens (tertiary/aromatic N) is 4. The lowest BCUT2D eigenvalue weighted by atomic mass is 9.98. The van der Waals surface area contributed by atoms with Gasteiger partial charge in [0.1, 0.15) is 11.4 Å². The molecule has 6 heteroatoms. The van der Waals surface area contributed by atoms with Gasteiger partial charge in [0.05, 0.1) is 6.20 Å². The van der Waals surface area contributed by atoms with Crippen LogP contribution in [-0.4, -0.2) is 63.0 Å². The number of hydrogen-bond donors (Lipinski definition) is 1. The Morgan fingerprint density at radius 2 is 2.00 bits per heavy atom. The van der Waals surface area contributed by atoms with Gasteiger partial charge in [0.25, 0.3) is 5.91 Å². The summed E-state index contributed by atoms with van der Waals surface area (Å²) in [6.07, 6.45) is 8.96. The van der Waals surface area contributed by atoms with Crippen molar-refractivity contribution >= 4 is 5.91 Å². The summed E-state index contributed by atoms with van der Waals surface area (Å²) in [4.78, 5) is 25.1. The maximum Gasteiger partial charge on any atom is 0.274 e. The van der Waals surface area contributed by atoms with E-state index in [0.29, 0.717) is 23.4 Å². The summed E-state index contributed by atoms with van der Waals surface area (Å²) in [5.41, 5.74) is 1.65. The van der Waals surface area contributed by atoms with Gasteiger partial charge < -0.3 is 10.0 Å². The maximum atomic E-state index is 12.5. The van der Waals surface area contributed by atoms with Crippen LogP contribution in [0.2, 0.25) is 0 Å². The number of aromatic hydroxyl groups is 1. The molecule has 6 nitrogen and oxygen atoms in total. The molecular formula is C21H26N4O2. The van der Waals surface area contributed by atoms with Crippen molar-refractivity contribution in [3.05, 3.63) is 54.1 Å². The van der Waals surface area contributed by atoms with Gasteiger partial charge in [-0.2, -0.15) is 0 Å². The highest BCUT2D eigenvalue weighted by Crippen LogP contribution is 2.27. The van der Waals surface area contributed by atoms with Gasteiger partial charge in [0.2, 0.25) is 0 Å². The summed E-state index contributed by atoms with van der Waals surface area (Å²) in [6.45, 7) is 3.81. The highest BCUT2D eigenvalue weighted by Gasteiger charge is 2.32. The van der Waals surface area contributed by atoms with E-state index in [1.54, 1.807) is 24.7 Å². The minimum atomic E-state index is -0.00951. The molecule has 1 unspecified atom stereocenters. The molecule has 2 aromatic rings. The fourth-order valence-corrected chi connectivity index (χ4v) is 4.38. The Hall–Kier alpha value is -2.47. The van der Waals surface area contributed by atoms with E-state index in [1.165, 1.54) is 12.0 Å². The molecule has 0 radical (unpaired) electrons. The third kappa shape index (κ3) is 4.27. The topological polar surface area (TPSA) is 69.6 Å². The number of rotatable bonds is 4. The molecule has 1 aromatic carbocycles. The summed E-state index contributed by atoms with van der Waals surface area (Å²) in [5.74, 6) is 0.985. The lowest BCUT2D eigenvalue weighted by molar-refractivity contribution is 0.0635. The molecule has 1 N–H and O–H groups in total. The van der Waals surface area contributed by atoms with E-state index in [9.17, 15) is 9.90 Å². The molecule has 3 heterocycles. The SMILES string of the molecule is O=C(c1cnccn1)N1CCC(N2CCC(Cc3cccc(O)c3)C2)CC1. The number of benzene rings is 1. The zero-order valence-electron chi connectivity index (χ0n) is 15.5. The highest BCUT2D eigenvalue weighted by atomic mass is 16.3. The van der Waals surface area contributed by atoms with E-state index in [-0.39, 0.29) is 5.91 Å². The molecule has 0 saturated carbocycles. The molecule has 4 rings (SSSR count). The Morgan fingerprint density at radius 3 is 2.74 bits per heavy atom. The Morgan fingerprint density at radius 1 is 1.15 bits per heavy atom. The summed E-state index contributed by atoms with van der Waals surface area (Å²) in [7, 11) is 0. The van der Waals surface area contributed by atoms with Crippen LogP contribution in [0.3, 0.4) is 0 Å². The van der Waals surface area contributed by atoms with Crippen molar-refractivity contribution in [1.29, 1.82) is 0 Å². The smallest absolute Gasteiger partial charge is 0.274 e. The quantitative estimate of drug-likeness (QED) is 0.900. The number of carbonyl (C=O) groups excluding carboxylic acids is 1. The number of carbonyl (C=O) groups is 1. The first-order chi connectivity index (χ1) is 13.2. The standard InChI is InChI=1S/C21H26N4O2/c26-19-3-1-2-16(13-19)12-17-4-9-25(15-17)18-5-10-24(11-6-18)21(27)20-14-22-7-8-23-20/h1-3,7-8,13-14,17-18,26H,4-6,9-12,15H2. The second-order valence-electron chi connectivity index (χ2n) is 7.64. The molecule has 2 aliphatic rings. The molecule has 0 bridgehead atoms. The van der Waals surface area contributed by atoms with Gasteiger partial charge in [0.15, 0.2) is 0 Å². The monoisotopic (exact) mass is 366 g/mol. The first-order valence-corrected chi connectivity index (χ1v) is 9.76. The molecule has 27 heavy (non-hydrogen) atoms. The lowest BCUT2D eigenvalue weighted by Crippen LogP contribution is -2.46. The number of likely N-dealkylation sites (tertiary alicyclic amines) is 2. The fourth-order valence-electron chi connectivity index (χ4n) is 4.38. The van der Waals surface area contributed by atoms with Crippen LogP contribution in [0.15, 0.2) is 42.9 Å². The number of amides is 1. The first kappa shape index (κ1) is 17.9. The predicted molar refractivity (Wildman–Crippen MR) is 102 cm³/mol. The minimum absolute atomic E-state index is 0.00951. The summed E-state index contributed by atoms with van der Waals surface area (Å²) in [5, 5.41) is 9.64. The van der Waals surface area contributed by atoms with Crippen LogP contribution in [-0.2, 0) is 6.42 Å². The van der Waals surface area contributed by atoms with Crippen LogP contribution < -0.4 is 0 Å². The molecule has 2 aliphatic heterocycles. The highest BCUT2D eigenvalue weighted by molar-refractivity contribution is 5.92. The Balaban J connectivity index is 1.27. The average Bonchev–Trinajstić information content (AvgIpc) is 3.17. The maximum absolute atomic E-state index is 12.5. The Bertz CT molecular complexity index is 775. The molecule has 2 saturated heterocycles. The van der Waals surface area contributed by atoms with E-state index in [0.717, 1.165) is 45.4 Å². The van der Waals surface area contributed by atoms with Crippen molar-refractivity contribution < 1.29 is 9.90 Å². The molecule has 2 fully saturated rings. The van der Waals surface area contributed by atoms with Gasteiger partial charge in [0, 0.05) is 38.1 Å². The normalized spacial score (nSPS) is 21.5. The van der Waals surface area contributed by atoms with Crippen molar-refractivity contribution in [1.82, 2.24) is 19.8 Å². The van der Waals surface area contributed by atoms with Crippen molar-refractivity contribution in [3.63, 3.8) is 0 Å². The van der Waals surface area contributed by atoms with Crippen LogP contribution in [0, 0.1) is 5.92 Å². The lowest BCUT2D eigenvalue weighted by Gasteiger charge is -2.36. The van der Waals surface area contributed by atoms with Gasteiger partial charge in [-0.15, -0.1) is 0 Å². The number of aromatic nitrogens is 2. The summed E-state index contributed by atoms with van der Waals surface area (Å²) in [6, 6.07) is 8.17. The molecule has 1 atom stereocenters. The van der Waals surface area contributed by atoms with Gasteiger partial charge in [-0.25, -0.2) is 4.98 Å². The van der Waals surface area contributed by atoms with E-state index in [2.05, 4.69) is 20.9 Å². The third-order valence-corrected chi connectivity index (χ3v) is 5.80. The van der Waals surface area contributed by atoms with E-state index >= 15 is 0 Å². The van der Waals surface area contributed by atoms with Crippen molar-refractivity contribution in [3.8, 4) is 5.75 Å². The zero-order chi connectivity index (χ0) is 18.6. The summed E-state index contributed by atoms with van der Waals surface area (Å²) < 4.78 is 0. The van der Waals surface area contributed by atoms with Crippen LogP contribution in [0.4, 0.5) is 0 Å². The molecule has 1 amide bonds. The zero-order valence-corrected chi connectivity index (χ0v) is 15.5. The average molecular weight is 366 g/mol. The Labute approximate surface area is 159 Å². The predicted octanol–water partition coefficient (Wildman–Crippen LogP) is 2.35. The second-order valence-corrected chi connectivity index (χ2v) is 7.64. The van der Waals surface area contributed by atoms with Crippen molar-refractivity contribution in [2.45, 2.75) is 31.7 Å². The van der Waals surface area contributed by atoms with Crippen LogP contribution in [0.1, 0.15) is 35.3 Å². The number of hydrogen-bond acceptors (Lipinski definition) is 5. The van der Waals surface area contributed by atoms with Gasteiger partial charge in [-0.05, 0) is 55.8 Å². The van der Waals surface area contributed by atoms with E-state index in [1.807, 2.05) is 17.0 Å². The molecular weight excluding hydrogens is 340 g/mol. The largest absolute Gasteiger partial charge is 0.508 e. The van der Waals surface area contributed by atoms with Gasteiger partial charge >= 0.3 is 0 Å². The van der Waals surface area contributed by atoms with Crippen molar-refractivity contribution in [2.24, 2.45) is 5.92 Å². The second kappa shape index (κ2) is 8.05. The van der Waals surface area contributed by atoms with Crippen LogP contribution in [0.25, 0.3) is 0 Å². The third-order valence-electron chi connectivity index (χ3n) is 5.80. The number of phenols is 1. The van der Waals surface area contributed by atoms with Gasteiger partial charge in [-0.1, -0.05) is 12.1 Å². The molecule has 142 valence electrons.